The van der Waals surface area contributed by atoms with Crippen molar-refractivity contribution in [1.29, 1.82) is 0 Å². The van der Waals surface area contributed by atoms with Crippen LogP contribution in [0, 0.1) is 0 Å². The summed E-state index contributed by atoms with van der Waals surface area (Å²) in [6.45, 7) is 0. The minimum absolute atomic E-state index is 0.0516. The minimum atomic E-state index is -1.10. The molecule has 1 aromatic heterocycles. The Kier molecular flexibility index (Phi) is 2.72. The van der Waals surface area contributed by atoms with Crippen LogP contribution in [0.3, 0.4) is 0 Å². The van der Waals surface area contributed by atoms with Gasteiger partial charge in [0.15, 0.2) is 0 Å². The summed E-state index contributed by atoms with van der Waals surface area (Å²) in [4.78, 5) is 35.1. The molecule has 2 aromatic rings. The molecule has 0 atom stereocenters. The molecule has 0 saturated heterocycles. The predicted molar refractivity (Wildman–Crippen MR) is 61.3 cm³/mol. The normalized spacial score (nSPS) is 10.2. The van der Waals surface area contributed by atoms with E-state index in [4.69, 9.17) is 5.11 Å². The van der Waals surface area contributed by atoms with Gasteiger partial charge >= 0.3 is 11.7 Å². The van der Waals surface area contributed by atoms with E-state index < -0.39 is 23.1 Å². The summed E-state index contributed by atoms with van der Waals surface area (Å²) < 4.78 is 0.854. The topological polar surface area (TPSA) is 112 Å². The molecule has 0 aliphatic carbocycles. The minimum Gasteiger partial charge on any atom is -0.494 e. The maximum absolute atomic E-state index is 11.5. The summed E-state index contributed by atoms with van der Waals surface area (Å²) in [5.41, 5.74) is -1.21. The molecule has 0 aliphatic heterocycles. The summed E-state index contributed by atoms with van der Waals surface area (Å²) in [6.07, 6.45) is 0. The number of aromatic carboxylic acids is 1. The Hall–Kier alpha value is -2.83. The van der Waals surface area contributed by atoms with Crippen molar-refractivity contribution >= 4 is 5.97 Å². The number of H-pyrrole nitrogens is 1. The summed E-state index contributed by atoms with van der Waals surface area (Å²) in [6, 6.07) is 6.13. The fourth-order valence-corrected chi connectivity index (χ4v) is 1.49. The Morgan fingerprint density at radius 3 is 2.28 bits per heavy atom. The molecule has 1 heterocycles. The van der Waals surface area contributed by atoms with Gasteiger partial charge in [-0.3, -0.25) is 9.78 Å². The van der Waals surface area contributed by atoms with Gasteiger partial charge in [-0.25, -0.2) is 14.2 Å². The van der Waals surface area contributed by atoms with Crippen LogP contribution < -0.4 is 11.2 Å². The number of carboxylic acid groups (broad SMARTS) is 1. The molecule has 0 radical (unpaired) electrons. The first-order valence-corrected chi connectivity index (χ1v) is 4.88. The lowest BCUT2D eigenvalue weighted by Crippen LogP contribution is -2.27. The van der Waals surface area contributed by atoms with E-state index in [1.807, 2.05) is 4.98 Å². The molecule has 2 rings (SSSR count). The monoisotopic (exact) mass is 248 g/mol. The lowest BCUT2D eigenvalue weighted by Gasteiger charge is -2.07. The van der Waals surface area contributed by atoms with E-state index in [-0.39, 0.29) is 11.3 Å². The number of aromatic amines is 1. The van der Waals surface area contributed by atoms with Gasteiger partial charge < -0.3 is 10.2 Å². The molecule has 0 bridgehead atoms. The number of benzene rings is 1. The van der Waals surface area contributed by atoms with Crippen LogP contribution in [0.2, 0.25) is 0 Å². The average molecular weight is 248 g/mol. The van der Waals surface area contributed by atoms with Crippen LogP contribution in [0.25, 0.3) is 5.69 Å². The summed E-state index contributed by atoms with van der Waals surface area (Å²) in [7, 11) is 0. The van der Waals surface area contributed by atoms with Crippen LogP contribution in [0.1, 0.15) is 10.4 Å². The summed E-state index contributed by atoms with van der Waals surface area (Å²) >= 11 is 0. The molecule has 0 spiro atoms. The Labute approximate surface area is 99.6 Å². The van der Waals surface area contributed by atoms with Gasteiger partial charge in [0.1, 0.15) is 0 Å². The zero-order valence-corrected chi connectivity index (χ0v) is 8.95. The molecule has 0 saturated carbocycles. The molecule has 0 amide bonds. The van der Waals surface area contributed by atoms with Crippen molar-refractivity contribution in [1.82, 2.24) is 9.55 Å². The van der Waals surface area contributed by atoms with Crippen LogP contribution in [0.4, 0.5) is 0 Å². The highest BCUT2D eigenvalue weighted by molar-refractivity contribution is 5.87. The zero-order valence-electron chi connectivity index (χ0n) is 8.95. The van der Waals surface area contributed by atoms with Gasteiger partial charge in [0.05, 0.1) is 17.3 Å². The number of carboxylic acids is 1. The zero-order chi connectivity index (χ0) is 13.3. The smallest absolute Gasteiger partial charge is 0.335 e. The largest absolute Gasteiger partial charge is 0.494 e. The number of aromatic nitrogens is 2. The van der Waals surface area contributed by atoms with Crippen molar-refractivity contribution in [3.63, 3.8) is 0 Å². The van der Waals surface area contributed by atoms with Crippen molar-refractivity contribution in [3.8, 4) is 11.6 Å². The first-order chi connectivity index (χ1) is 8.49. The molecule has 0 aliphatic rings. The molecule has 1 aromatic carbocycles. The summed E-state index contributed by atoms with van der Waals surface area (Å²) in [5, 5.41) is 18.3. The average Bonchev–Trinajstić information content (AvgIpc) is 2.28. The SMILES string of the molecule is O=C(O)c1ccc(-n2c(O)cc(=O)[nH]c2=O)cc1. The fourth-order valence-electron chi connectivity index (χ4n) is 1.49. The highest BCUT2D eigenvalue weighted by atomic mass is 16.4. The summed E-state index contributed by atoms with van der Waals surface area (Å²) in [5.74, 6) is -1.62. The first-order valence-electron chi connectivity index (χ1n) is 4.88. The Morgan fingerprint density at radius 2 is 1.78 bits per heavy atom. The van der Waals surface area contributed by atoms with Gasteiger partial charge in [-0.15, -0.1) is 0 Å². The van der Waals surface area contributed by atoms with E-state index in [0.717, 1.165) is 10.6 Å². The fraction of sp³-hybridized carbons (Fsp3) is 0. The third-order valence-electron chi connectivity index (χ3n) is 2.29. The Bertz CT molecular complexity index is 711. The molecule has 0 fully saturated rings. The third kappa shape index (κ3) is 2.01. The van der Waals surface area contributed by atoms with Crippen LogP contribution in [0.5, 0.6) is 5.88 Å². The van der Waals surface area contributed by atoms with Crippen molar-refractivity contribution < 1.29 is 15.0 Å². The van der Waals surface area contributed by atoms with E-state index in [9.17, 15) is 19.5 Å². The third-order valence-corrected chi connectivity index (χ3v) is 2.29. The molecular weight excluding hydrogens is 240 g/mol. The molecule has 92 valence electrons. The second-order valence-corrected chi connectivity index (χ2v) is 3.48. The maximum Gasteiger partial charge on any atom is 0.335 e. The quantitative estimate of drug-likeness (QED) is 0.688. The van der Waals surface area contributed by atoms with Gasteiger partial charge in [-0.1, -0.05) is 0 Å². The number of hydrogen-bond acceptors (Lipinski definition) is 4. The number of carbonyl (C=O) groups is 1. The number of rotatable bonds is 2. The number of aromatic hydroxyl groups is 1. The van der Waals surface area contributed by atoms with Crippen molar-refractivity contribution in [3.05, 3.63) is 56.7 Å². The van der Waals surface area contributed by atoms with E-state index in [0.29, 0.717) is 0 Å². The van der Waals surface area contributed by atoms with Gasteiger partial charge in [-0.05, 0) is 24.3 Å². The van der Waals surface area contributed by atoms with Gasteiger partial charge in [0.2, 0.25) is 5.88 Å². The Balaban J connectivity index is 2.59. The standard InChI is InChI=1S/C11H8N2O5/c14-8-5-9(15)13(11(18)12-8)7-3-1-6(2-4-7)10(16)17/h1-5,15H,(H,16,17)(H,12,14,18). The van der Waals surface area contributed by atoms with E-state index in [1.165, 1.54) is 24.3 Å². The van der Waals surface area contributed by atoms with Crippen molar-refractivity contribution in [2.45, 2.75) is 0 Å². The van der Waals surface area contributed by atoms with Gasteiger partial charge in [0.25, 0.3) is 5.56 Å². The number of hydrogen-bond donors (Lipinski definition) is 3. The molecule has 7 heteroatoms. The second kappa shape index (κ2) is 4.21. The molecule has 0 unspecified atom stereocenters. The van der Waals surface area contributed by atoms with Gasteiger partial charge in [-0.2, -0.15) is 0 Å². The molecule has 7 nitrogen and oxygen atoms in total. The lowest BCUT2D eigenvalue weighted by atomic mass is 10.2. The predicted octanol–water partition coefficient (Wildman–Crippen LogP) is -0.0704. The first kappa shape index (κ1) is 11.6. The van der Waals surface area contributed by atoms with E-state index in [2.05, 4.69) is 0 Å². The van der Waals surface area contributed by atoms with Crippen LogP contribution in [0.15, 0.2) is 39.9 Å². The van der Waals surface area contributed by atoms with Crippen LogP contribution >= 0.6 is 0 Å². The highest BCUT2D eigenvalue weighted by Gasteiger charge is 2.08. The Morgan fingerprint density at radius 1 is 1.17 bits per heavy atom. The second-order valence-electron chi connectivity index (χ2n) is 3.48. The van der Waals surface area contributed by atoms with E-state index in [1.54, 1.807) is 0 Å². The lowest BCUT2D eigenvalue weighted by molar-refractivity contribution is 0.0697. The van der Waals surface area contributed by atoms with E-state index >= 15 is 0 Å². The molecule has 3 N–H and O–H groups in total. The highest BCUT2D eigenvalue weighted by Crippen LogP contribution is 2.12. The van der Waals surface area contributed by atoms with Gasteiger partial charge in [0, 0.05) is 0 Å². The van der Waals surface area contributed by atoms with Crippen molar-refractivity contribution in [2.75, 3.05) is 0 Å². The number of nitrogens with zero attached hydrogens (tertiary/aromatic N) is 1. The molecule has 18 heavy (non-hydrogen) atoms. The van der Waals surface area contributed by atoms with Crippen LogP contribution in [-0.2, 0) is 0 Å². The molecular formula is C11H8N2O5. The van der Waals surface area contributed by atoms with Crippen LogP contribution in [-0.4, -0.2) is 25.7 Å². The number of nitrogens with one attached hydrogen (secondary N) is 1. The maximum atomic E-state index is 11.5. The van der Waals surface area contributed by atoms with Crippen molar-refractivity contribution in [2.24, 2.45) is 0 Å².